The molecule has 0 atom stereocenters. The van der Waals surface area contributed by atoms with E-state index in [1.165, 1.54) is 17.7 Å². The zero-order valence-corrected chi connectivity index (χ0v) is 18.8. The maximum Gasteiger partial charge on any atom is 0.255 e. The van der Waals surface area contributed by atoms with Crippen molar-refractivity contribution in [2.45, 2.75) is 13.5 Å². The highest BCUT2D eigenvalue weighted by molar-refractivity contribution is 9.10. The molecule has 1 heterocycles. The minimum absolute atomic E-state index is 0.196. The third kappa shape index (κ3) is 5.04. The molecule has 8 heteroatoms. The number of nitrogens with one attached hydrogen (secondary N) is 1. The molecule has 0 unspecified atom stereocenters. The van der Waals surface area contributed by atoms with Gasteiger partial charge in [0, 0.05) is 22.8 Å². The Balaban J connectivity index is 1.85. The Kier molecular flexibility index (Phi) is 7.18. The molecule has 0 radical (unpaired) electrons. The maximum absolute atomic E-state index is 12.8. The number of ether oxygens (including phenoxy) is 2. The van der Waals surface area contributed by atoms with Crippen LogP contribution in [0.3, 0.4) is 0 Å². The van der Waals surface area contributed by atoms with Crippen LogP contribution < -0.4 is 20.3 Å². The average Bonchev–Trinajstić information content (AvgIpc) is 2.73. The molecule has 0 fully saturated rings. The molecule has 156 valence electrons. The zero-order valence-electron chi connectivity index (χ0n) is 16.4. The number of hydrogen-bond acceptors (Lipinski definition) is 4. The predicted molar refractivity (Wildman–Crippen MR) is 121 cm³/mol. The van der Waals surface area contributed by atoms with Crippen molar-refractivity contribution in [3.05, 3.63) is 85.7 Å². The first-order valence-electron chi connectivity index (χ1n) is 9.18. The lowest BCUT2D eigenvalue weighted by atomic mass is 10.2. The second-order valence-corrected chi connectivity index (χ2v) is 7.61. The van der Waals surface area contributed by atoms with E-state index in [4.69, 9.17) is 21.1 Å². The van der Waals surface area contributed by atoms with Gasteiger partial charge in [0.15, 0.2) is 11.5 Å². The molecule has 30 heavy (non-hydrogen) atoms. The molecule has 1 amide bonds. The van der Waals surface area contributed by atoms with Gasteiger partial charge < -0.3 is 19.4 Å². The van der Waals surface area contributed by atoms with E-state index in [0.29, 0.717) is 45.4 Å². The molecule has 0 saturated heterocycles. The van der Waals surface area contributed by atoms with Crippen molar-refractivity contribution in [1.82, 2.24) is 4.57 Å². The summed E-state index contributed by atoms with van der Waals surface area (Å²) in [7, 11) is 1.51. The van der Waals surface area contributed by atoms with E-state index in [0.717, 1.165) is 5.56 Å². The summed E-state index contributed by atoms with van der Waals surface area (Å²) in [6.45, 7) is 2.63. The van der Waals surface area contributed by atoms with Crippen molar-refractivity contribution in [2.75, 3.05) is 19.0 Å². The molecule has 1 N–H and O–H groups in total. The average molecular weight is 492 g/mol. The summed E-state index contributed by atoms with van der Waals surface area (Å²) >= 11 is 9.61. The second-order valence-electron chi connectivity index (χ2n) is 6.35. The number of nitrogens with zero attached hydrogens (tertiary/aromatic N) is 1. The third-order valence-electron chi connectivity index (χ3n) is 4.32. The van der Waals surface area contributed by atoms with Crippen molar-refractivity contribution < 1.29 is 14.3 Å². The van der Waals surface area contributed by atoms with E-state index in [2.05, 4.69) is 21.2 Å². The van der Waals surface area contributed by atoms with Crippen LogP contribution >= 0.6 is 27.5 Å². The number of pyridine rings is 1. The van der Waals surface area contributed by atoms with Gasteiger partial charge in [-0.15, -0.1) is 0 Å². The number of aromatic nitrogens is 1. The lowest BCUT2D eigenvalue weighted by molar-refractivity contribution is 0.102. The number of carbonyl (C=O) groups is 1. The zero-order chi connectivity index (χ0) is 21.7. The van der Waals surface area contributed by atoms with Gasteiger partial charge in [0.05, 0.1) is 30.4 Å². The largest absolute Gasteiger partial charge is 0.493 e. The van der Waals surface area contributed by atoms with Gasteiger partial charge in [0.2, 0.25) is 0 Å². The standard InChI is InChI=1S/C22H20BrClN2O4/c1-3-30-21-17(23)10-15(11-19(21)29-2)22(28)25-16-8-9-20(27)26(13-16)12-14-6-4-5-7-18(14)24/h4-11,13H,3,12H2,1-2H3,(H,25,28). The summed E-state index contributed by atoms with van der Waals surface area (Å²) in [5, 5.41) is 3.38. The number of anilines is 1. The lowest BCUT2D eigenvalue weighted by Crippen LogP contribution is -2.21. The molecule has 3 aromatic rings. The Bertz CT molecular complexity index is 1130. The fourth-order valence-corrected chi connectivity index (χ4v) is 3.63. The maximum atomic E-state index is 12.8. The molecule has 0 spiro atoms. The van der Waals surface area contributed by atoms with Crippen molar-refractivity contribution >= 4 is 39.1 Å². The number of amides is 1. The van der Waals surface area contributed by atoms with Gasteiger partial charge in [-0.1, -0.05) is 29.8 Å². The van der Waals surface area contributed by atoms with E-state index in [-0.39, 0.29) is 11.5 Å². The van der Waals surface area contributed by atoms with Crippen LogP contribution in [0.5, 0.6) is 11.5 Å². The van der Waals surface area contributed by atoms with Gasteiger partial charge in [-0.2, -0.15) is 0 Å². The van der Waals surface area contributed by atoms with Crippen LogP contribution in [-0.4, -0.2) is 24.2 Å². The van der Waals surface area contributed by atoms with Crippen LogP contribution in [0.25, 0.3) is 0 Å². The Hall–Kier alpha value is -2.77. The van der Waals surface area contributed by atoms with Gasteiger partial charge in [0.25, 0.3) is 11.5 Å². The van der Waals surface area contributed by atoms with Crippen molar-refractivity contribution in [1.29, 1.82) is 0 Å². The predicted octanol–water partition coefficient (Wildman–Crippen LogP) is 4.97. The molecule has 0 aliphatic rings. The molecule has 0 aliphatic heterocycles. The van der Waals surface area contributed by atoms with Gasteiger partial charge in [-0.3, -0.25) is 9.59 Å². The minimum atomic E-state index is -0.347. The highest BCUT2D eigenvalue weighted by atomic mass is 79.9. The van der Waals surface area contributed by atoms with E-state index in [9.17, 15) is 9.59 Å². The highest BCUT2D eigenvalue weighted by Gasteiger charge is 2.16. The molecule has 0 bridgehead atoms. The van der Waals surface area contributed by atoms with Gasteiger partial charge >= 0.3 is 0 Å². The number of carbonyl (C=O) groups excluding carboxylic acids is 1. The monoisotopic (exact) mass is 490 g/mol. The SMILES string of the molecule is CCOc1c(Br)cc(C(=O)Nc2ccc(=O)n(Cc3ccccc3Cl)c2)cc1OC. The second kappa shape index (κ2) is 9.82. The molecule has 1 aromatic heterocycles. The van der Waals surface area contributed by atoms with Crippen LogP contribution in [0, 0.1) is 0 Å². The first-order chi connectivity index (χ1) is 14.4. The Morgan fingerprint density at radius 1 is 1.20 bits per heavy atom. The molecule has 0 saturated carbocycles. The summed E-state index contributed by atoms with van der Waals surface area (Å²) in [5.41, 5.74) is 1.48. The van der Waals surface area contributed by atoms with Gasteiger partial charge in [0.1, 0.15) is 0 Å². The van der Waals surface area contributed by atoms with Crippen molar-refractivity contribution in [2.24, 2.45) is 0 Å². The molecular weight excluding hydrogens is 472 g/mol. The Morgan fingerprint density at radius 3 is 2.67 bits per heavy atom. The lowest BCUT2D eigenvalue weighted by Gasteiger charge is -2.14. The van der Waals surface area contributed by atoms with E-state index in [1.807, 2.05) is 25.1 Å². The van der Waals surface area contributed by atoms with Crippen LogP contribution in [0.2, 0.25) is 5.02 Å². The summed E-state index contributed by atoms with van der Waals surface area (Å²) in [6, 6.07) is 13.5. The molecular formula is C22H20BrClN2O4. The Morgan fingerprint density at radius 2 is 1.97 bits per heavy atom. The summed E-state index contributed by atoms with van der Waals surface area (Å²) in [5.74, 6) is 0.630. The first-order valence-corrected chi connectivity index (χ1v) is 10.4. The molecule has 3 rings (SSSR count). The van der Waals surface area contributed by atoms with Crippen LogP contribution in [0.15, 0.2) is 64.0 Å². The van der Waals surface area contributed by atoms with E-state index >= 15 is 0 Å². The number of halogens is 2. The van der Waals surface area contributed by atoms with Gasteiger partial charge in [-0.05, 0) is 52.7 Å². The molecule has 0 aliphatic carbocycles. The Labute approximate surface area is 187 Å². The number of methoxy groups -OCH3 is 1. The van der Waals surface area contributed by atoms with Gasteiger partial charge in [-0.25, -0.2) is 0 Å². The van der Waals surface area contributed by atoms with E-state index < -0.39 is 0 Å². The quantitative estimate of drug-likeness (QED) is 0.506. The smallest absolute Gasteiger partial charge is 0.255 e. The number of benzene rings is 2. The normalized spacial score (nSPS) is 10.5. The number of rotatable bonds is 7. The summed E-state index contributed by atoms with van der Waals surface area (Å²) < 4.78 is 13.0. The molecule has 6 nitrogen and oxygen atoms in total. The minimum Gasteiger partial charge on any atom is -0.493 e. The molecule has 2 aromatic carbocycles. The number of hydrogen-bond donors (Lipinski definition) is 1. The topological polar surface area (TPSA) is 69.6 Å². The van der Waals surface area contributed by atoms with Crippen LogP contribution in [-0.2, 0) is 6.54 Å². The fraction of sp³-hybridized carbons (Fsp3) is 0.182. The van der Waals surface area contributed by atoms with Crippen molar-refractivity contribution in [3.63, 3.8) is 0 Å². The van der Waals surface area contributed by atoms with E-state index in [1.54, 1.807) is 30.5 Å². The van der Waals surface area contributed by atoms with Crippen LogP contribution in [0.4, 0.5) is 5.69 Å². The summed E-state index contributed by atoms with van der Waals surface area (Å²) in [6.07, 6.45) is 1.59. The highest BCUT2D eigenvalue weighted by Crippen LogP contribution is 2.36. The first kappa shape index (κ1) is 21.9. The third-order valence-corrected chi connectivity index (χ3v) is 5.28. The fourth-order valence-electron chi connectivity index (χ4n) is 2.88. The summed E-state index contributed by atoms with van der Waals surface area (Å²) in [4.78, 5) is 25.0. The van der Waals surface area contributed by atoms with Crippen molar-refractivity contribution in [3.8, 4) is 11.5 Å². The van der Waals surface area contributed by atoms with Crippen LogP contribution in [0.1, 0.15) is 22.8 Å².